The first-order valence-corrected chi connectivity index (χ1v) is 11.0. The molecule has 0 radical (unpaired) electrons. The van der Waals surface area contributed by atoms with Crippen molar-refractivity contribution in [3.8, 4) is 11.5 Å². The summed E-state index contributed by atoms with van der Waals surface area (Å²) in [4.78, 5) is 2.27. The van der Waals surface area contributed by atoms with Crippen LogP contribution < -0.4 is 9.47 Å². The lowest BCUT2D eigenvalue weighted by Gasteiger charge is -2.38. The Labute approximate surface area is 163 Å². The molecule has 0 bridgehead atoms. The Morgan fingerprint density at radius 3 is 2.19 bits per heavy atom. The lowest BCUT2D eigenvalue weighted by molar-refractivity contribution is 0.169. The van der Waals surface area contributed by atoms with Crippen LogP contribution in [0.4, 0.5) is 0 Å². The molecule has 2 heterocycles. The first kappa shape index (κ1) is 20.4. The van der Waals surface area contributed by atoms with Crippen LogP contribution in [0.2, 0.25) is 0 Å². The van der Waals surface area contributed by atoms with Gasteiger partial charge in [0.2, 0.25) is 0 Å². The van der Waals surface area contributed by atoms with Crippen molar-refractivity contribution in [2.24, 2.45) is 5.92 Å². The van der Waals surface area contributed by atoms with Crippen LogP contribution in [0.25, 0.3) is 0 Å². The topological polar surface area (TPSA) is 62.3 Å². The van der Waals surface area contributed by atoms with Gasteiger partial charge in [0.1, 0.15) is 11.5 Å². The number of benzene rings is 1. The molecule has 0 N–H and O–H groups in total. The van der Waals surface area contributed by atoms with E-state index in [1.165, 1.54) is 0 Å². The maximum absolute atomic E-state index is 12.9. The maximum atomic E-state index is 12.9. The molecule has 0 aliphatic carbocycles. The number of rotatable bonds is 6. The van der Waals surface area contributed by atoms with Gasteiger partial charge in [-0.05, 0) is 37.0 Å². The highest BCUT2D eigenvalue weighted by Gasteiger charge is 2.34. The Balaban J connectivity index is 1.59. The van der Waals surface area contributed by atoms with Crippen molar-refractivity contribution in [2.45, 2.75) is 26.3 Å². The Bertz CT molecular complexity index is 724. The van der Waals surface area contributed by atoms with Crippen molar-refractivity contribution >= 4 is 10.2 Å². The molecule has 0 aromatic heterocycles. The molecule has 2 aliphatic rings. The highest BCUT2D eigenvalue weighted by atomic mass is 32.2. The summed E-state index contributed by atoms with van der Waals surface area (Å²) in [6.07, 6.45) is 1.91. The summed E-state index contributed by atoms with van der Waals surface area (Å²) in [5, 5.41) is 0. The van der Waals surface area contributed by atoms with Crippen molar-refractivity contribution in [2.75, 3.05) is 53.5 Å². The third kappa shape index (κ3) is 4.74. The summed E-state index contributed by atoms with van der Waals surface area (Å²) in [7, 11) is -0.0216. The molecule has 0 atom stereocenters. The average molecular weight is 398 g/mol. The second kappa shape index (κ2) is 8.77. The van der Waals surface area contributed by atoms with E-state index in [9.17, 15) is 8.42 Å². The summed E-state index contributed by atoms with van der Waals surface area (Å²) in [5.41, 5.74) is 1.05. The normalized spacial score (nSPS) is 21.3. The molecule has 2 aliphatic heterocycles. The summed E-state index contributed by atoms with van der Waals surface area (Å²) in [6.45, 7) is 6.68. The van der Waals surface area contributed by atoms with Gasteiger partial charge in [-0.1, -0.05) is 6.92 Å². The van der Waals surface area contributed by atoms with Gasteiger partial charge in [0.15, 0.2) is 0 Å². The van der Waals surface area contributed by atoms with Gasteiger partial charge < -0.3 is 9.47 Å². The molecule has 8 heteroatoms. The highest BCUT2D eigenvalue weighted by Crippen LogP contribution is 2.26. The Morgan fingerprint density at radius 2 is 1.59 bits per heavy atom. The van der Waals surface area contributed by atoms with E-state index in [1.807, 2.05) is 18.2 Å². The number of piperidine rings is 1. The Morgan fingerprint density at radius 1 is 0.963 bits per heavy atom. The standard InChI is InChI=1S/C19H31N3O4S/c1-16-6-8-21(9-7-16)27(23,24)22-12-10-20(11-13-22)15-17-14-18(25-2)4-5-19(17)26-3/h4-5,14,16H,6-13,15H2,1-3H3. The van der Waals surface area contributed by atoms with Crippen molar-refractivity contribution in [3.63, 3.8) is 0 Å². The van der Waals surface area contributed by atoms with E-state index in [4.69, 9.17) is 9.47 Å². The van der Waals surface area contributed by atoms with Crippen molar-refractivity contribution in [3.05, 3.63) is 23.8 Å². The Hall–Kier alpha value is -1.35. The van der Waals surface area contributed by atoms with Crippen molar-refractivity contribution in [1.82, 2.24) is 13.5 Å². The molecule has 1 aromatic carbocycles. The summed E-state index contributed by atoms with van der Waals surface area (Å²) < 4.78 is 39.9. The maximum Gasteiger partial charge on any atom is 0.282 e. The highest BCUT2D eigenvalue weighted by molar-refractivity contribution is 7.86. The fraction of sp³-hybridized carbons (Fsp3) is 0.684. The lowest BCUT2D eigenvalue weighted by Crippen LogP contribution is -2.53. The average Bonchev–Trinajstić information content (AvgIpc) is 2.68. The van der Waals surface area contributed by atoms with Crippen LogP contribution in [0.15, 0.2) is 18.2 Å². The van der Waals surface area contributed by atoms with Crippen LogP contribution >= 0.6 is 0 Å². The van der Waals surface area contributed by atoms with Crippen molar-refractivity contribution < 1.29 is 17.9 Å². The number of ether oxygens (including phenoxy) is 2. The van der Waals surface area contributed by atoms with E-state index >= 15 is 0 Å². The van der Waals surface area contributed by atoms with Crippen LogP contribution in [0.1, 0.15) is 25.3 Å². The van der Waals surface area contributed by atoms with Gasteiger partial charge in [-0.15, -0.1) is 0 Å². The van der Waals surface area contributed by atoms with Crippen LogP contribution in [0.5, 0.6) is 11.5 Å². The van der Waals surface area contributed by atoms with E-state index in [-0.39, 0.29) is 0 Å². The largest absolute Gasteiger partial charge is 0.497 e. The van der Waals surface area contributed by atoms with Gasteiger partial charge in [0.25, 0.3) is 10.2 Å². The van der Waals surface area contributed by atoms with E-state index in [1.54, 1.807) is 22.8 Å². The van der Waals surface area contributed by atoms with E-state index < -0.39 is 10.2 Å². The lowest BCUT2D eigenvalue weighted by atomic mass is 10.0. The molecule has 3 rings (SSSR count). The predicted molar refractivity (Wildman–Crippen MR) is 105 cm³/mol. The predicted octanol–water partition coefficient (Wildman–Crippen LogP) is 1.80. The zero-order valence-electron chi connectivity index (χ0n) is 16.6. The van der Waals surface area contributed by atoms with Crippen LogP contribution in [0.3, 0.4) is 0 Å². The van der Waals surface area contributed by atoms with Gasteiger partial charge in [-0.3, -0.25) is 4.90 Å². The monoisotopic (exact) mass is 397 g/mol. The molecule has 152 valence electrons. The number of hydrogen-bond acceptors (Lipinski definition) is 5. The number of methoxy groups -OCH3 is 2. The van der Waals surface area contributed by atoms with Gasteiger partial charge in [-0.25, -0.2) is 0 Å². The first-order valence-electron chi connectivity index (χ1n) is 9.62. The molecule has 2 fully saturated rings. The van der Waals surface area contributed by atoms with E-state index in [0.717, 1.165) is 36.4 Å². The molecule has 0 unspecified atom stereocenters. The van der Waals surface area contributed by atoms with Crippen LogP contribution in [0, 0.1) is 5.92 Å². The Kier molecular flexibility index (Phi) is 6.62. The molecule has 0 saturated carbocycles. The summed E-state index contributed by atoms with van der Waals surface area (Å²) in [5.74, 6) is 2.24. The smallest absolute Gasteiger partial charge is 0.282 e. The van der Waals surface area contributed by atoms with Crippen LogP contribution in [-0.2, 0) is 16.8 Å². The second-order valence-corrected chi connectivity index (χ2v) is 9.37. The SMILES string of the molecule is COc1ccc(OC)c(CN2CCN(S(=O)(=O)N3CCC(C)CC3)CC2)c1. The summed E-state index contributed by atoms with van der Waals surface area (Å²) in [6, 6.07) is 5.77. The molecule has 27 heavy (non-hydrogen) atoms. The fourth-order valence-electron chi connectivity index (χ4n) is 3.74. The molecule has 0 spiro atoms. The molecular formula is C19H31N3O4S. The third-order valence-electron chi connectivity index (χ3n) is 5.61. The minimum atomic E-state index is -3.33. The number of piperazine rings is 1. The molecule has 0 amide bonds. The summed E-state index contributed by atoms with van der Waals surface area (Å²) >= 11 is 0. The minimum absolute atomic E-state index is 0.528. The van der Waals surface area contributed by atoms with Gasteiger partial charge >= 0.3 is 0 Å². The first-order chi connectivity index (χ1) is 12.9. The number of hydrogen-bond donors (Lipinski definition) is 0. The second-order valence-electron chi connectivity index (χ2n) is 7.44. The zero-order chi connectivity index (χ0) is 19.4. The zero-order valence-corrected chi connectivity index (χ0v) is 17.4. The van der Waals surface area contributed by atoms with E-state index in [0.29, 0.717) is 45.2 Å². The van der Waals surface area contributed by atoms with Crippen molar-refractivity contribution in [1.29, 1.82) is 0 Å². The fourth-order valence-corrected chi connectivity index (χ4v) is 5.37. The van der Waals surface area contributed by atoms with Gasteiger partial charge in [-0.2, -0.15) is 17.0 Å². The molecule has 1 aromatic rings. The van der Waals surface area contributed by atoms with E-state index in [2.05, 4.69) is 11.8 Å². The minimum Gasteiger partial charge on any atom is -0.497 e. The molecular weight excluding hydrogens is 366 g/mol. The molecule has 7 nitrogen and oxygen atoms in total. The van der Waals surface area contributed by atoms with Gasteiger partial charge in [0, 0.05) is 51.4 Å². The van der Waals surface area contributed by atoms with Crippen LogP contribution in [-0.4, -0.2) is 75.4 Å². The van der Waals surface area contributed by atoms with Gasteiger partial charge in [0.05, 0.1) is 14.2 Å². The number of nitrogens with zero attached hydrogens (tertiary/aromatic N) is 3. The quantitative estimate of drug-likeness (QED) is 0.733. The molecule has 2 saturated heterocycles. The third-order valence-corrected chi connectivity index (χ3v) is 7.64.